The van der Waals surface area contributed by atoms with E-state index in [-0.39, 0.29) is 11.9 Å². The fourth-order valence-electron chi connectivity index (χ4n) is 3.81. The number of nitrogens with one attached hydrogen (secondary N) is 1. The van der Waals surface area contributed by atoms with Gasteiger partial charge < -0.3 is 10.2 Å². The predicted octanol–water partition coefficient (Wildman–Crippen LogP) is 5.72. The largest absolute Gasteiger partial charge is 0.327 e. The third kappa shape index (κ3) is 4.77. The Morgan fingerprint density at radius 1 is 1.47 bits per heavy atom. The summed E-state index contributed by atoms with van der Waals surface area (Å²) in [4.78, 5) is 8.53. The van der Waals surface area contributed by atoms with E-state index in [2.05, 4.69) is 28.6 Å². The van der Waals surface area contributed by atoms with Crippen molar-refractivity contribution in [2.45, 2.75) is 38.8 Å². The average molecular weight is 442 g/mol. The van der Waals surface area contributed by atoms with E-state index in [9.17, 15) is 4.39 Å². The summed E-state index contributed by atoms with van der Waals surface area (Å²) >= 11 is 8.11. The lowest BCUT2D eigenvalue weighted by Crippen LogP contribution is -2.36. The number of thioether (sulfide) groups is 1. The van der Waals surface area contributed by atoms with Crippen LogP contribution < -0.4 is 5.32 Å². The molecule has 30 heavy (non-hydrogen) atoms. The Bertz CT molecular complexity index is 938. The first kappa shape index (κ1) is 22.9. The maximum Gasteiger partial charge on any atom is 0.142 e. The van der Waals surface area contributed by atoms with Crippen molar-refractivity contribution in [3.63, 3.8) is 0 Å². The van der Waals surface area contributed by atoms with Crippen molar-refractivity contribution in [2.24, 2.45) is 4.99 Å². The van der Waals surface area contributed by atoms with Gasteiger partial charge in [0.1, 0.15) is 25.5 Å². The Morgan fingerprint density at radius 2 is 2.27 bits per heavy atom. The normalized spacial score (nSPS) is 22.4. The van der Waals surface area contributed by atoms with Gasteiger partial charge in [0, 0.05) is 29.7 Å². The van der Waals surface area contributed by atoms with Crippen molar-refractivity contribution < 1.29 is 4.39 Å². The van der Waals surface area contributed by atoms with Crippen molar-refractivity contribution in [2.75, 3.05) is 13.6 Å². The minimum absolute atomic E-state index is 0.309. The van der Waals surface area contributed by atoms with Crippen LogP contribution in [0.4, 0.5) is 4.39 Å². The maximum absolute atomic E-state index is 13.7. The zero-order chi connectivity index (χ0) is 21.7. The van der Waals surface area contributed by atoms with Gasteiger partial charge in [0.05, 0.1) is 4.91 Å². The molecule has 7 heteroatoms. The number of allylic oxidation sites excluding steroid dienone is 2. The van der Waals surface area contributed by atoms with Gasteiger partial charge in [0.15, 0.2) is 0 Å². The van der Waals surface area contributed by atoms with Gasteiger partial charge in [-0.15, -0.1) is 5.98 Å². The smallest absolute Gasteiger partial charge is 0.142 e. The molecule has 1 saturated heterocycles. The molecule has 156 valence electrons. The van der Waals surface area contributed by atoms with Gasteiger partial charge in [-0.3, -0.25) is 4.99 Å². The van der Waals surface area contributed by atoms with E-state index in [4.69, 9.17) is 24.4 Å². The van der Waals surface area contributed by atoms with E-state index in [0.29, 0.717) is 11.1 Å². The molecule has 0 amide bonds. The predicted molar refractivity (Wildman–Crippen MR) is 128 cm³/mol. The Balaban J connectivity index is 2.20. The van der Waals surface area contributed by atoms with Gasteiger partial charge >= 0.3 is 0 Å². The van der Waals surface area contributed by atoms with Crippen LogP contribution in [0.3, 0.4) is 0 Å². The molecule has 1 aromatic carbocycles. The first-order chi connectivity index (χ1) is 14.5. The molecule has 0 saturated carbocycles. The maximum atomic E-state index is 13.7. The lowest BCUT2D eigenvalue weighted by atomic mass is 9.92. The second kappa shape index (κ2) is 10.5. The monoisotopic (exact) mass is 441 g/mol. The summed E-state index contributed by atoms with van der Waals surface area (Å²) in [6.45, 7) is 4.95. The molecular formula is C23H26BClFN3S. The highest BCUT2D eigenvalue weighted by atomic mass is 35.5. The molecule has 2 aliphatic heterocycles. The Morgan fingerprint density at radius 3 is 2.90 bits per heavy atom. The van der Waals surface area contributed by atoms with Crippen LogP contribution in [0.15, 0.2) is 69.0 Å². The summed E-state index contributed by atoms with van der Waals surface area (Å²) < 4.78 is 13.7. The van der Waals surface area contributed by atoms with Crippen LogP contribution in [0.2, 0.25) is 5.02 Å². The van der Waals surface area contributed by atoms with E-state index in [1.807, 2.05) is 26.1 Å². The number of fused-ring (bicyclic) bond motifs is 1. The number of aliphatic imine (C=N–C) groups is 1. The van der Waals surface area contributed by atoms with Gasteiger partial charge in [-0.05, 0) is 49.1 Å². The highest BCUT2D eigenvalue weighted by Gasteiger charge is 2.38. The Hall–Kier alpha value is -1.76. The molecule has 2 heterocycles. The molecule has 0 aromatic heterocycles. The number of amidine groups is 1. The van der Waals surface area contributed by atoms with Gasteiger partial charge in [0.25, 0.3) is 0 Å². The molecule has 2 atom stereocenters. The highest BCUT2D eigenvalue weighted by Crippen LogP contribution is 2.43. The summed E-state index contributed by atoms with van der Waals surface area (Å²) in [5.74, 6) is 2.10. The summed E-state index contributed by atoms with van der Waals surface area (Å²) in [5, 5.41) is 5.82. The molecule has 3 nitrogen and oxygen atoms in total. The Kier molecular flexibility index (Phi) is 8.03. The molecule has 0 unspecified atom stereocenters. The van der Waals surface area contributed by atoms with E-state index in [0.717, 1.165) is 41.3 Å². The molecule has 0 bridgehead atoms. The van der Waals surface area contributed by atoms with Gasteiger partial charge in [0.2, 0.25) is 0 Å². The number of halogens is 2. The number of rotatable bonds is 7. The van der Waals surface area contributed by atoms with Crippen LogP contribution in [-0.2, 0) is 0 Å². The molecule has 1 aromatic rings. The fourth-order valence-corrected chi connectivity index (χ4v) is 4.89. The SMILES string of the molecule is [B]/C=C/C1=C2C[C@H](NC)CN2C(/C(=C\CC)S/C=C\C)=N[C@H]1c1ccc(F)cc1Cl. The zero-order valence-corrected chi connectivity index (χ0v) is 19.1. The van der Waals surface area contributed by atoms with Crippen molar-refractivity contribution in [1.82, 2.24) is 10.2 Å². The first-order valence-electron chi connectivity index (χ1n) is 10.1. The molecule has 1 fully saturated rings. The molecule has 2 aliphatic rings. The van der Waals surface area contributed by atoms with Crippen LogP contribution in [0, 0.1) is 5.82 Å². The lowest BCUT2D eigenvalue weighted by molar-refractivity contribution is 0.509. The molecule has 1 N–H and O–H groups in total. The highest BCUT2D eigenvalue weighted by molar-refractivity contribution is 8.06. The topological polar surface area (TPSA) is 27.6 Å². The minimum atomic E-state index is -0.361. The zero-order valence-electron chi connectivity index (χ0n) is 17.5. The van der Waals surface area contributed by atoms with Crippen molar-refractivity contribution in [3.8, 4) is 0 Å². The van der Waals surface area contributed by atoms with Crippen molar-refractivity contribution in [3.05, 3.63) is 80.4 Å². The third-order valence-corrected chi connectivity index (χ3v) is 6.52. The van der Waals surface area contributed by atoms with E-state index in [1.165, 1.54) is 23.8 Å². The first-order valence-corrected chi connectivity index (χ1v) is 11.4. The number of likely N-dealkylation sites (N-methyl/N-ethyl adjacent to an activating group) is 1. The van der Waals surface area contributed by atoms with Crippen LogP contribution in [0.25, 0.3) is 0 Å². The molecule has 0 spiro atoms. The number of hydrogen-bond acceptors (Lipinski definition) is 4. The summed E-state index contributed by atoms with van der Waals surface area (Å²) in [6, 6.07) is 4.45. The average Bonchev–Trinajstić information content (AvgIpc) is 3.16. The number of nitrogens with zero attached hydrogens (tertiary/aromatic N) is 2. The van der Waals surface area contributed by atoms with Crippen LogP contribution in [0.5, 0.6) is 0 Å². The lowest BCUT2D eigenvalue weighted by Gasteiger charge is -2.33. The summed E-state index contributed by atoms with van der Waals surface area (Å²) in [7, 11) is 7.78. The van der Waals surface area contributed by atoms with Gasteiger partial charge in [-0.2, -0.15) is 0 Å². The van der Waals surface area contributed by atoms with E-state index in [1.54, 1.807) is 17.8 Å². The minimum Gasteiger partial charge on any atom is -0.327 e. The van der Waals surface area contributed by atoms with Crippen molar-refractivity contribution >= 4 is 37.0 Å². The summed E-state index contributed by atoms with van der Waals surface area (Å²) in [6.07, 6.45) is 7.87. The molecular weight excluding hydrogens is 416 g/mol. The number of hydrogen-bond donors (Lipinski definition) is 1. The summed E-state index contributed by atoms with van der Waals surface area (Å²) in [5.41, 5.74) is 2.95. The quantitative estimate of drug-likeness (QED) is 0.548. The van der Waals surface area contributed by atoms with E-state index >= 15 is 0 Å². The van der Waals surface area contributed by atoms with Crippen LogP contribution in [-0.4, -0.2) is 38.2 Å². The van der Waals surface area contributed by atoms with Gasteiger partial charge in [-0.1, -0.05) is 54.6 Å². The van der Waals surface area contributed by atoms with Crippen molar-refractivity contribution in [1.29, 1.82) is 0 Å². The van der Waals surface area contributed by atoms with Crippen LogP contribution >= 0.6 is 23.4 Å². The molecule has 3 rings (SSSR count). The standard InChI is InChI=1S/C23H26BClFN3S/c1-4-6-21(30-11-5-2)23-28-22(17-8-7-15(26)12-19(17)25)18(9-10-24)20-13-16(27-3)14-29(20)23/h5-12,16,22,27H,4,13-14H2,1-3H3/b10-9+,11-5-,21-6+/t16-,22-/m0/s1. The number of benzene rings is 1. The molecule has 2 radical (unpaired) electrons. The second-order valence-electron chi connectivity index (χ2n) is 7.15. The molecule has 0 aliphatic carbocycles. The van der Waals surface area contributed by atoms with Gasteiger partial charge in [-0.25, -0.2) is 4.39 Å². The second-order valence-corrected chi connectivity index (χ2v) is 8.50. The Labute approximate surface area is 189 Å². The van der Waals surface area contributed by atoms with Crippen LogP contribution in [0.1, 0.15) is 38.3 Å². The fraction of sp³-hybridized carbons (Fsp3) is 0.348. The van der Waals surface area contributed by atoms with E-state index < -0.39 is 0 Å². The third-order valence-electron chi connectivity index (χ3n) is 5.19.